The number of nitrogens with one attached hydrogen (secondary N) is 1. The first-order valence-corrected chi connectivity index (χ1v) is 6.73. The maximum Gasteiger partial charge on any atom is 0.224 e. The van der Waals surface area contributed by atoms with Crippen LogP contribution in [-0.4, -0.2) is 24.5 Å². The zero-order valence-corrected chi connectivity index (χ0v) is 11.4. The summed E-state index contributed by atoms with van der Waals surface area (Å²) in [5.74, 6) is -0.454. The minimum atomic E-state index is -0.990. The Morgan fingerprint density at radius 2 is 2.22 bits per heavy atom. The van der Waals surface area contributed by atoms with Crippen molar-refractivity contribution < 1.29 is 14.4 Å². The predicted molar refractivity (Wildman–Crippen MR) is 70.5 cm³/mol. The van der Waals surface area contributed by atoms with Crippen molar-refractivity contribution in [3.63, 3.8) is 0 Å². The van der Waals surface area contributed by atoms with E-state index in [1.165, 1.54) is 11.3 Å². The molecular formula is C13H17NO3S. The second kappa shape index (κ2) is 6.44. The number of aldehydes is 1. The molecular weight excluding hydrogens is 250 g/mol. The van der Waals surface area contributed by atoms with Gasteiger partial charge in [-0.1, -0.05) is 6.92 Å². The average Bonchev–Trinajstić information content (AvgIpc) is 2.87. The molecule has 0 fully saturated rings. The molecule has 1 atom stereocenters. The number of ketones is 1. The zero-order valence-electron chi connectivity index (χ0n) is 10.6. The van der Waals surface area contributed by atoms with Gasteiger partial charge in [-0.15, -0.1) is 0 Å². The first-order chi connectivity index (χ1) is 8.51. The van der Waals surface area contributed by atoms with E-state index >= 15 is 0 Å². The van der Waals surface area contributed by atoms with Gasteiger partial charge in [0.15, 0.2) is 5.78 Å². The van der Waals surface area contributed by atoms with Gasteiger partial charge in [0.25, 0.3) is 0 Å². The van der Waals surface area contributed by atoms with Crippen LogP contribution >= 0.6 is 11.3 Å². The molecule has 0 spiro atoms. The van der Waals surface area contributed by atoms with E-state index in [4.69, 9.17) is 0 Å². The highest BCUT2D eigenvalue weighted by Crippen LogP contribution is 2.18. The number of hydrogen-bond donors (Lipinski definition) is 1. The maximum atomic E-state index is 11.8. The number of Topliss-reactive ketones (excluding diaryl/α,β-unsaturated/α-hetero) is 1. The van der Waals surface area contributed by atoms with Crippen molar-refractivity contribution in [2.75, 3.05) is 6.54 Å². The lowest BCUT2D eigenvalue weighted by molar-refractivity contribution is -0.134. The summed E-state index contributed by atoms with van der Waals surface area (Å²) >= 11 is 1.52. The van der Waals surface area contributed by atoms with Crippen LogP contribution in [0.15, 0.2) is 16.8 Å². The molecule has 1 amide bonds. The summed E-state index contributed by atoms with van der Waals surface area (Å²) in [7, 11) is 0. The molecule has 0 aliphatic heterocycles. The molecule has 0 aliphatic carbocycles. The van der Waals surface area contributed by atoms with Crippen LogP contribution in [0, 0.1) is 5.41 Å². The smallest absolute Gasteiger partial charge is 0.224 e. The van der Waals surface area contributed by atoms with Gasteiger partial charge in [-0.2, -0.15) is 11.3 Å². The van der Waals surface area contributed by atoms with Crippen molar-refractivity contribution in [3.8, 4) is 0 Å². The van der Waals surface area contributed by atoms with Crippen LogP contribution in [0.1, 0.15) is 25.8 Å². The highest BCUT2D eigenvalue weighted by Gasteiger charge is 2.30. The molecule has 1 N–H and O–H groups in total. The summed E-state index contributed by atoms with van der Waals surface area (Å²) in [5, 5.41) is 6.34. The van der Waals surface area contributed by atoms with E-state index in [0.29, 0.717) is 12.7 Å². The van der Waals surface area contributed by atoms with Gasteiger partial charge in [0.2, 0.25) is 5.91 Å². The third-order valence-electron chi connectivity index (χ3n) is 3.02. The van der Waals surface area contributed by atoms with Crippen molar-refractivity contribution in [1.29, 1.82) is 0 Å². The molecule has 1 rings (SSSR count). The lowest BCUT2D eigenvalue weighted by atomic mass is 9.84. The molecule has 0 saturated carbocycles. The van der Waals surface area contributed by atoms with Gasteiger partial charge >= 0.3 is 0 Å². The van der Waals surface area contributed by atoms with Crippen LogP contribution in [-0.2, 0) is 20.8 Å². The standard InChI is InChI=1S/C13H17NO3S/c1-3-13(2,9-15)11(16)7-14-12(17)6-10-4-5-18-8-10/h4-5,8-9H,3,6-7H2,1-2H3,(H,14,17). The largest absolute Gasteiger partial charge is 0.349 e. The van der Waals surface area contributed by atoms with Crippen LogP contribution < -0.4 is 5.32 Å². The summed E-state index contributed by atoms with van der Waals surface area (Å²) in [6, 6.07) is 1.87. The molecule has 1 aromatic rings. The molecule has 0 bridgehead atoms. The lowest BCUT2D eigenvalue weighted by Crippen LogP contribution is -2.39. The minimum Gasteiger partial charge on any atom is -0.349 e. The van der Waals surface area contributed by atoms with Gasteiger partial charge in [-0.25, -0.2) is 0 Å². The summed E-state index contributed by atoms with van der Waals surface area (Å²) in [6.45, 7) is 3.28. The molecule has 1 unspecified atom stereocenters. The molecule has 18 heavy (non-hydrogen) atoms. The molecule has 0 radical (unpaired) electrons. The van der Waals surface area contributed by atoms with Crippen LogP contribution in [0.4, 0.5) is 0 Å². The molecule has 1 aromatic heterocycles. The number of carbonyl (C=O) groups excluding carboxylic acids is 3. The molecule has 4 nitrogen and oxygen atoms in total. The van der Waals surface area contributed by atoms with Gasteiger partial charge in [0, 0.05) is 0 Å². The van der Waals surface area contributed by atoms with Crippen molar-refractivity contribution >= 4 is 29.3 Å². The summed E-state index contributed by atoms with van der Waals surface area (Å²) in [5.41, 5.74) is -0.0612. The van der Waals surface area contributed by atoms with E-state index < -0.39 is 5.41 Å². The SMILES string of the molecule is CCC(C)(C=O)C(=O)CNC(=O)Cc1ccsc1. The third kappa shape index (κ3) is 3.77. The number of carbonyl (C=O) groups is 3. The third-order valence-corrected chi connectivity index (χ3v) is 3.75. The zero-order chi connectivity index (χ0) is 13.6. The van der Waals surface area contributed by atoms with Crippen molar-refractivity contribution in [2.24, 2.45) is 5.41 Å². The first kappa shape index (κ1) is 14.6. The summed E-state index contributed by atoms with van der Waals surface area (Å²) < 4.78 is 0. The Hall–Kier alpha value is -1.49. The molecule has 0 aromatic carbocycles. The molecule has 0 aliphatic rings. The summed E-state index contributed by atoms with van der Waals surface area (Å²) in [4.78, 5) is 34.2. The molecule has 1 heterocycles. The van der Waals surface area contributed by atoms with E-state index in [1.54, 1.807) is 13.8 Å². The van der Waals surface area contributed by atoms with Gasteiger partial charge < -0.3 is 10.1 Å². The number of hydrogen-bond acceptors (Lipinski definition) is 4. The highest BCUT2D eigenvalue weighted by atomic mass is 32.1. The Bertz CT molecular complexity index is 427. The number of thiophene rings is 1. The van der Waals surface area contributed by atoms with Crippen molar-refractivity contribution in [3.05, 3.63) is 22.4 Å². The normalized spacial score (nSPS) is 13.7. The Balaban J connectivity index is 2.43. The second-order valence-corrected chi connectivity index (χ2v) is 5.18. The Kier molecular flexibility index (Phi) is 5.22. The van der Waals surface area contributed by atoms with Gasteiger partial charge in [0.05, 0.1) is 18.4 Å². The van der Waals surface area contributed by atoms with Gasteiger partial charge in [-0.05, 0) is 35.7 Å². The fraction of sp³-hybridized carbons (Fsp3) is 0.462. The first-order valence-electron chi connectivity index (χ1n) is 5.79. The van der Waals surface area contributed by atoms with Crippen molar-refractivity contribution in [1.82, 2.24) is 5.32 Å². The number of amides is 1. The van der Waals surface area contributed by atoms with E-state index in [1.807, 2.05) is 16.8 Å². The Morgan fingerprint density at radius 3 is 2.72 bits per heavy atom. The van der Waals surface area contributed by atoms with E-state index in [2.05, 4.69) is 5.32 Å². The topological polar surface area (TPSA) is 63.2 Å². The monoisotopic (exact) mass is 267 g/mol. The van der Waals surface area contributed by atoms with Gasteiger partial charge in [-0.3, -0.25) is 9.59 Å². The minimum absolute atomic E-state index is 0.0912. The Morgan fingerprint density at radius 1 is 1.50 bits per heavy atom. The molecule has 5 heteroatoms. The lowest BCUT2D eigenvalue weighted by Gasteiger charge is -2.19. The van der Waals surface area contributed by atoms with Crippen LogP contribution in [0.5, 0.6) is 0 Å². The molecule has 98 valence electrons. The fourth-order valence-electron chi connectivity index (χ4n) is 1.37. The van der Waals surface area contributed by atoms with Crippen LogP contribution in [0.2, 0.25) is 0 Å². The highest BCUT2D eigenvalue weighted by molar-refractivity contribution is 7.07. The fourth-order valence-corrected chi connectivity index (χ4v) is 2.04. The van der Waals surface area contributed by atoms with Gasteiger partial charge in [0.1, 0.15) is 6.29 Å². The Labute approximate surface area is 110 Å². The number of rotatable bonds is 7. The van der Waals surface area contributed by atoms with E-state index in [9.17, 15) is 14.4 Å². The van der Waals surface area contributed by atoms with Crippen LogP contribution in [0.3, 0.4) is 0 Å². The maximum absolute atomic E-state index is 11.8. The van der Waals surface area contributed by atoms with E-state index in [0.717, 1.165) is 5.56 Å². The van der Waals surface area contributed by atoms with Crippen LogP contribution in [0.25, 0.3) is 0 Å². The summed E-state index contributed by atoms with van der Waals surface area (Å²) in [6.07, 6.45) is 1.36. The second-order valence-electron chi connectivity index (χ2n) is 4.40. The quantitative estimate of drug-likeness (QED) is 0.603. The average molecular weight is 267 g/mol. The van der Waals surface area contributed by atoms with Crippen molar-refractivity contribution in [2.45, 2.75) is 26.7 Å². The predicted octanol–water partition coefficient (Wildman–Crippen LogP) is 1.59. The van der Waals surface area contributed by atoms with E-state index in [-0.39, 0.29) is 24.7 Å². The molecule has 0 saturated heterocycles.